The zero-order valence-electron chi connectivity index (χ0n) is 33.2. The molecule has 0 saturated heterocycles. The summed E-state index contributed by atoms with van der Waals surface area (Å²) in [6.45, 7) is 12.9. The Morgan fingerprint density at radius 3 is 2.16 bits per heavy atom. The Balaban J connectivity index is 0.00000436. The van der Waals surface area contributed by atoms with E-state index in [4.69, 9.17) is 18.8 Å². The van der Waals surface area contributed by atoms with Crippen LogP contribution in [-0.4, -0.2) is 15.1 Å². The van der Waals surface area contributed by atoms with E-state index in [0.717, 1.165) is 71.8 Å². The molecular formula is C52H41N2O3Pt-. The molecule has 0 aliphatic heterocycles. The molecule has 0 aliphatic rings. The van der Waals surface area contributed by atoms with Gasteiger partial charge in [0.1, 0.15) is 16.9 Å². The molecule has 10 rings (SSSR count). The van der Waals surface area contributed by atoms with Crippen LogP contribution in [0.1, 0.15) is 52.7 Å². The van der Waals surface area contributed by atoms with Crippen molar-refractivity contribution in [3.63, 3.8) is 0 Å². The predicted molar refractivity (Wildman–Crippen MR) is 234 cm³/mol. The molecule has 0 amide bonds. The molecule has 58 heavy (non-hydrogen) atoms. The Hall–Kier alpha value is -6.03. The molecule has 3 aromatic heterocycles. The average Bonchev–Trinajstić information content (AvgIpc) is 3.81. The fourth-order valence-corrected chi connectivity index (χ4v) is 8.10. The third-order valence-corrected chi connectivity index (χ3v) is 11.2. The number of pyridine rings is 1. The van der Waals surface area contributed by atoms with Crippen LogP contribution in [0, 0.1) is 6.07 Å². The van der Waals surface area contributed by atoms with Gasteiger partial charge in [-0.15, -0.1) is 12.1 Å². The van der Waals surface area contributed by atoms with Gasteiger partial charge in [0.15, 0.2) is 0 Å². The number of aromatic nitrogens is 2. The van der Waals surface area contributed by atoms with E-state index in [1.165, 1.54) is 10.8 Å². The summed E-state index contributed by atoms with van der Waals surface area (Å²) in [7, 11) is 0. The van der Waals surface area contributed by atoms with E-state index in [1.54, 1.807) is 0 Å². The smallest absolute Gasteiger partial charge is 0.230 e. The average molecular weight is 937 g/mol. The van der Waals surface area contributed by atoms with E-state index in [1.807, 2.05) is 54.7 Å². The van der Waals surface area contributed by atoms with Crippen molar-refractivity contribution >= 4 is 54.6 Å². The minimum absolute atomic E-state index is 0. The summed E-state index contributed by atoms with van der Waals surface area (Å²) in [5.41, 5.74) is 10.2. The topological polar surface area (TPSA) is 72.3 Å². The van der Waals surface area contributed by atoms with Gasteiger partial charge in [-0.05, 0) is 90.3 Å². The van der Waals surface area contributed by atoms with E-state index in [2.05, 4.69) is 126 Å². The number of hydrogen-bond donors (Lipinski definition) is 1. The second kappa shape index (κ2) is 13.8. The number of fused-ring (bicyclic) bond motifs is 7. The fraction of sp³-hybridized carbons (Fsp3) is 0.154. The summed E-state index contributed by atoms with van der Waals surface area (Å²) in [5, 5.41) is 18.4. The van der Waals surface area contributed by atoms with Gasteiger partial charge in [-0.1, -0.05) is 144 Å². The molecule has 0 fully saturated rings. The summed E-state index contributed by atoms with van der Waals surface area (Å²) in [5.74, 6) is 0.541. The van der Waals surface area contributed by atoms with Crippen LogP contribution in [0.2, 0.25) is 0 Å². The fourth-order valence-electron chi connectivity index (χ4n) is 8.10. The predicted octanol–water partition coefficient (Wildman–Crippen LogP) is 14.2. The molecule has 0 spiro atoms. The maximum atomic E-state index is 11.8. The Labute approximate surface area is 351 Å². The van der Waals surface area contributed by atoms with Crippen molar-refractivity contribution in [2.75, 3.05) is 0 Å². The number of para-hydroxylation sites is 1. The van der Waals surface area contributed by atoms with Crippen LogP contribution in [0.5, 0.6) is 5.75 Å². The quantitative estimate of drug-likeness (QED) is 0.141. The van der Waals surface area contributed by atoms with Crippen LogP contribution in [0.4, 0.5) is 0 Å². The number of phenols is 1. The van der Waals surface area contributed by atoms with Crippen LogP contribution in [0.15, 0.2) is 142 Å². The minimum atomic E-state index is -0.303. The molecule has 0 bridgehead atoms. The van der Waals surface area contributed by atoms with Gasteiger partial charge in [-0.2, -0.15) is 0 Å². The zero-order valence-corrected chi connectivity index (χ0v) is 35.4. The van der Waals surface area contributed by atoms with Gasteiger partial charge in [-0.3, -0.25) is 4.98 Å². The monoisotopic (exact) mass is 936 g/mol. The first-order valence-corrected chi connectivity index (χ1v) is 19.4. The van der Waals surface area contributed by atoms with Gasteiger partial charge in [0.25, 0.3) is 0 Å². The van der Waals surface area contributed by atoms with Crippen molar-refractivity contribution in [1.82, 2.24) is 9.97 Å². The normalized spacial score (nSPS) is 12.2. The zero-order chi connectivity index (χ0) is 39.2. The molecular weight excluding hydrogens is 896 g/mol. The van der Waals surface area contributed by atoms with Crippen molar-refractivity contribution in [3.05, 3.63) is 151 Å². The number of furan rings is 1. The minimum Gasteiger partial charge on any atom is -0.507 e. The second-order valence-corrected chi connectivity index (χ2v) is 17.1. The van der Waals surface area contributed by atoms with Gasteiger partial charge in [-0.25, -0.2) is 4.98 Å². The van der Waals surface area contributed by atoms with E-state index in [9.17, 15) is 5.11 Å². The molecule has 3 heterocycles. The van der Waals surface area contributed by atoms with Gasteiger partial charge in [0.2, 0.25) is 5.89 Å². The summed E-state index contributed by atoms with van der Waals surface area (Å²) in [6, 6.07) is 47.7. The molecule has 7 aromatic carbocycles. The summed E-state index contributed by atoms with van der Waals surface area (Å²) in [6.07, 6.45) is 1.86. The SMILES string of the molecule is CC(C)(C)c1cc(-c2nc3c(-c4[c-]c(-c5cc(-c6ccccc6)ccn5)cc5c4oc4cc6c(ccc7ccccc76)cc45)cccc3o2)c(O)c(C(C)(C)C)c1.[Pt]. The number of phenolic OH excluding ortho intramolecular Hbond substituents is 1. The molecule has 0 atom stereocenters. The first-order valence-electron chi connectivity index (χ1n) is 19.4. The van der Waals surface area contributed by atoms with Crippen LogP contribution < -0.4 is 0 Å². The van der Waals surface area contributed by atoms with Crippen LogP contribution in [-0.2, 0) is 31.9 Å². The number of oxazole rings is 1. The standard InChI is InChI=1S/C52H41N2O3.Pt/c1-51(2,3)35-27-42(48(55)43(28-35)52(4,5)6)50-54-47-37(17-12-18-45(47)57-50)40-24-34(44-26-32(21-22-53-44)30-13-8-7-9-14-30)25-41-39-23-33-20-19-31-15-10-11-16-36(31)38(33)29-46(39)56-49(40)41;/h7-23,25-29,55H,1-6H3;/q-1;. The number of aromatic hydroxyl groups is 1. The van der Waals surface area contributed by atoms with Crippen molar-refractivity contribution in [2.45, 2.75) is 52.4 Å². The van der Waals surface area contributed by atoms with Crippen LogP contribution >= 0.6 is 0 Å². The first kappa shape index (κ1) is 37.5. The molecule has 10 aromatic rings. The first-order chi connectivity index (χ1) is 27.4. The van der Waals surface area contributed by atoms with Crippen LogP contribution in [0.25, 0.3) is 99.5 Å². The number of benzene rings is 7. The molecule has 5 nitrogen and oxygen atoms in total. The van der Waals surface area contributed by atoms with E-state index < -0.39 is 0 Å². The van der Waals surface area contributed by atoms with Crippen molar-refractivity contribution < 1.29 is 35.0 Å². The number of rotatable bonds is 4. The second-order valence-electron chi connectivity index (χ2n) is 17.1. The Morgan fingerprint density at radius 1 is 0.586 bits per heavy atom. The van der Waals surface area contributed by atoms with Crippen LogP contribution in [0.3, 0.4) is 0 Å². The molecule has 288 valence electrons. The number of nitrogens with zero attached hydrogens (tertiary/aromatic N) is 2. The van der Waals surface area contributed by atoms with Gasteiger partial charge < -0.3 is 13.9 Å². The summed E-state index contributed by atoms with van der Waals surface area (Å²) < 4.78 is 13.4. The molecule has 0 aliphatic carbocycles. The largest absolute Gasteiger partial charge is 0.507 e. The van der Waals surface area contributed by atoms with Gasteiger partial charge >= 0.3 is 0 Å². The maximum absolute atomic E-state index is 11.8. The van der Waals surface area contributed by atoms with Gasteiger partial charge in [0, 0.05) is 43.9 Å². The van der Waals surface area contributed by atoms with E-state index in [-0.39, 0.29) is 37.6 Å². The van der Waals surface area contributed by atoms with E-state index >= 15 is 0 Å². The molecule has 0 unspecified atom stereocenters. The number of hydrogen-bond acceptors (Lipinski definition) is 5. The molecule has 0 saturated carbocycles. The molecule has 0 radical (unpaired) electrons. The summed E-state index contributed by atoms with van der Waals surface area (Å²) in [4.78, 5) is 10.0. The Morgan fingerprint density at radius 2 is 1.36 bits per heavy atom. The molecule has 6 heteroatoms. The third kappa shape index (κ3) is 6.29. The third-order valence-electron chi connectivity index (χ3n) is 11.2. The van der Waals surface area contributed by atoms with Crippen molar-refractivity contribution in [1.29, 1.82) is 0 Å². The van der Waals surface area contributed by atoms with Crippen molar-refractivity contribution in [3.8, 4) is 50.7 Å². The molecule has 1 N–H and O–H groups in total. The van der Waals surface area contributed by atoms with Gasteiger partial charge in [0.05, 0.1) is 16.7 Å². The Kier molecular flexibility index (Phi) is 8.94. The Bertz CT molecular complexity index is 3220. The maximum Gasteiger partial charge on any atom is 0.230 e. The van der Waals surface area contributed by atoms with Crippen molar-refractivity contribution in [2.24, 2.45) is 0 Å². The van der Waals surface area contributed by atoms with E-state index in [0.29, 0.717) is 28.1 Å². The summed E-state index contributed by atoms with van der Waals surface area (Å²) >= 11 is 0.